The van der Waals surface area contributed by atoms with Gasteiger partial charge in [-0.3, -0.25) is 9.69 Å². The SMILES string of the molecule is CC(C)CC(CNC(=O)c1ccoc1CN1c2ccccc2CC1C)N1CCOCC1. The number of nitrogens with zero attached hydrogens (tertiary/aromatic N) is 2. The van der Waals surface area contributed by atoms with Crippen molar-refractivity contribution in [2.24, 2.45) is 5.92 Å². The number of hydrogen-bond donors (Lipinski definition) is 1. The molecule has 2 aromatic rings. The molecule has 2 unspecified atom stereocenters. The minimum absolute atomic E-state index is 0.0501. The Morgan fingerprint density at radius 1 is 1.19 bits per heavy atom. The van der Waals surface area contributed by atoms with E-state index in [1.165, 1.54) is 11.3 Å². The normalized spacial score (nSPS) is 20.1. The highest BCUT2D eigenvalue weighted by Crippen LogP contribution is 2.33. The van der Waals surface area contributed by atoms with Crippen LogP contribution < -0.4 is 10.2 Å². The molecule has 2 aliphatic rings. The van der Waals surface area contributed by atoms with Crippen molar-refractivity contribution in [3.63, 3.8) is 0 Å². The maximum absolute atomic E-state index is 13.1. The first-order valence-electron chi connectivity index (χ1n) is 11.5. The van der Waals surface area contributed by atoms with Crippen LogP contribution in [0.3, 0.4) is 0 Å². The molecule has 1 fully saturated rings. The zero-order valence-electron chi connectivity index (χ0n) is 19.0. The van der Waals surface area contributed by atoms with Crippen molar-refractivity contribution >= 4 is 11.6 Å². The Hall–Kier alpha value is -2.31. The molecule has 2 atom stereocenters. The van der Waals surface area contributed by atoms with Gasteiger partial charge in [-0.1, -0.05) is 32.0 Å². The van der Waals surface area contributed by atoms with Crippen LogP contribution in [-0.2, 0) is 17.7 Å². The number of furan rings is 1. The van der Waals surface area contributed by atoms with Crippen LogP contribution >= 0.6 is 0 Å². The van der Waals surface area contributed by atoms with E-state index in [1.807, 2.05) is 0 Å². The number of anilines is 1. The fourth-order valence-electron chi connectivity index (χ4n) is 4.84. The fraction of sp³-hybridized carbons (Fsp3) is 0.560. The fourth-order valence-corrected chi connectivity index (χ4v) is 4.84. The second-order valence-electron chi connectivity index (χ2n) is 9.21. The molecule has 0 spiro atoms. The Balaban J connectivity index is 1.41. The smallest absolute Gasteiger partial charge is 0.254 e. The zero-order chi connectivity index (χ0) is 21.8. The summed E-state index contributed by atoms with van der Waals surface area (Å²) in [7, 11) is 0. The van der Waals surface area contributed by atoms with Gasteiger partial charge in [-0.25, -0.2) is 0 Å². The van der Waals surface area contributed by atoms with E-state index in [0.29, 0.717) is 36.7 Å². The summed E-state index contributed by atoms with van der Waals surface area (Å²) in [6, 6.07) is 11.0. The first-order valence-corrected chi connectivity index (χ1v) is 11.5. The van der Waals surface area contributed by atoms with Crippen LogP contribution in [0.5, 0.6) is 0 Å². The number of nitrogens with one attached hydrogen (secondary N) is 1. The van der Waals surface area contributed by atoms with Crippen molar-refractivity contribution in [3.05, 3.63) is 53.5 Å². The molecule has 6 heteroatoms. The standard InChI is InChI=1S/C25H35N3O3/c1-18(2)14-21(27-9-12-30-13-10-27)16-26-25(29)22-8-11-31-24(22)17-28-19(3)15-20-6-4-5-7-23(20)28/h4-8,11,18-19,21H,9-10,12-17H2,1-3H3,(H,26,29). The summed E-state index contributed by atoms with van der Waals surface area (Å²) in [5, 5.41) is 3.18. The molecule has 1 aromatic heterocycles. The van der Waals surface area contributed by atoms with Crippen LogP contribution in [-0.4, -0.2) is 55.7 Å². The van der Waals surface area contributed by atoms with Gasteiger partial charge in [0.05, 0.1) is 31.6 Å². The highest BCUT2D eigenvalue weighted by Gasteiger charge is 2.28. The number of benzene rings is 1. The lowest BCUT2D eigenvalue weighted by Gasteiger charge is -2.35. The molecule has 3 heterocycles. The number of carbonyl (C=O) groups excluding carboxylic acids is 1. The third-order valence-electron chi connectivity index (χ3n) is 6.46. The topological polar surface area (TPSA) is 58.0 Å². The van der Waals surface area contributed by atoms with Crippen molar-refractivity contribution in [1.82, 2.24) is 10.2 Å². The summed E-state index contributed by atoms with van der Waals surface area (Å²) < 4.78 is 11.3. The molecule has 0 radical (unpaired) electrons. The number of para-hydroxylation sites is 1. The van der Waals surface area contributed by atoms with Gasteiger partial charge in [-0.2, -0.15) is 0 Å². The molecule has 1 amide bonds. The minimum atomic E-state index is -0.0501. The predicted octanol–water partition coefficient (Wildman–Crippen LogP) is 3.71. The van der Waals surface area contributed by atoms with E-state index in [4.69, 9.17) is 9.15 Å². The Kier molecular flexibility index (Phi) is 6.98. The monoisotopic (exact) mass is 425 g/mol. The Labute approximate surface area is 185 Å². The predicted molar refractivity (Wildman–Crippen MR) is 122 cm³/mol. The summed E-state index contributed by atoms with van der Waals surface area (Å²) in [4.78, 5) is 17.8. The van der Waals surface area contributed by atoms with Gasteiger partial charge in [-0.05, 0) is 43.4 Å². The molecule has 0 aliphatic carbocycles. The maximum Gasteiger partial charge on any atom is 0.254 e. The average Bonchev–Trinajstić information content (AvgIpc) is 3.36. The number of fused-ring (bicyclic) bond motifs is 1. The van der Waals surface area contributed by atoms with E-state index in [1.54, 1.807) is 12.3 Å². The van der Waals surface area contributed by atoms with Crippen LogP contribution in [0.15, 0.2) is 41.0 Å². The van der Waals surface area contributed by atoms with Gasteiger partial charge in [0.2, 0.25) is 0 Å². The van der Waals surface area contributed by atoms with Crippen molar-refractivity contribution in [3.8, 4) is 0 Å². The lowest BCUT2D eigenvalue weighted by atomic mass is 10.0. The third-order valence-corrected chi connectivity index (χ3v) is 6.46. The molecule has 31 heavy (non-hydrogen) atoms. The first-order chi connectivity index (χ1) is 15.0. The molecule has 1 saturated heterocycles. The Bertz CT molecular complexity index is 872. The molecule has 0 bridgehead atoms. The van der Waals surface area contributed by atoms with E-state index < -0.39 is 0 Å². The number of rotatable bonds is 8. The number of carbonyl (C=O) groups is 1. The largest absolute Gasteiger partial charge is 0.467 e. The van der Waals surface area contributed by atoms with E-state index in [9.17, 15) is 4.79 Å². The maximum atomic E-state index is 13.1. The molecule has 0 saturated carbocycles. The van der Waals surface area contributed by atoms with Crippen LogP contribution in [0, 0.1) is 5.92 Å². The third kappa shape index (κ3) is 5.13. The second-order valence-corrected chi connectivity index (χ2v) is 9.21. The van der Waals surface area contributed by atoms with Crippen molar-refractivity contribution in [2.45, 2.75) is 52.2 Å². The van der Waals surface area contributed by atoms with Crippen LogP contribution in [0.25, 0.3) is 0 Å². The van der Waals surface area contributed by atoms with Crippen LogP contribution in [0.1, 0.15) is 48.9 Å². The average molecular weight is 426 g/mol. The summed E-state index contributed by atoms with van der Waals surface area (Å²) in [6.07, 6.45) is 3.71. The number of amides is 1. The van der Waals surface area contributed by atoms with Crippen LogP contribution in [0.2, 0.25) is 0 Å². The number of morpholine rings is 1. The summed E-state index contributed by atoms with van der Waals surface area (Å²) in [6.45, 7) is 11.3. The zero-order valence-corrected chi connectivity index (χ0v) is 19.0. The van der Waals surface area contributed by atoms with Gasteiger partial charge in [0.15, 0.2) is 0 Å². The molecule has 168 valence electrons. The number of hydrogen-bond acceptors (Lipinski definition) is 5. The van der Waals surface area contributed by atoms with Gasteiger partial charge in [-0.15, -0.1) is 0 Å². The van der Waals surface area contributed by atoms with Gasteiger partial charge >= 0.3 is 0 Å². The van der Waals surface area contributed by atoms with E-state index in [-0.39, 0.29) is 5.91 Å². The van der Waals surface area contributed by atoms with Gasteiger partial charge in [0.25, 0.3) is 5.91 Å². The summed E-state index contributed by atoms with van der Waals surface area (Å²) >= 11 is 0. The molecular weight excluding hydrogens is 390 g/mol. The number of ether oxygens (including phenoxy) is 1. The van der Waals surface area contributed by atoms with Crippen LogP contribution in [0.4, 0.5) is 5.69 Å². The minimum Gasteiger partial charge on any atom is -0.467 e. The molecular formula is C25H35N3O3. The molecule has 6 nitrogen and oxygen atoms in total. The highest BCUT2D eigenvalue weighted by molar-refractivity contribution is 5.95. The van der Waals surface area contributed by atoms with Gasteiger partial charge in [0, 0.05) is 37.4 Å². The highest BCUT2D eigenvalue weighted by atomic mass is 16.5. The Morgan fingerprint density at radius 3 is 2.74 bits per heavy atom. The van der Waals surface area contributed by atoms with Gasteiger partial charge in [0.1, 0.15) is 5.76 Å². The van der Waals surface area contributed by atoms with Crippen molar-refractivity contribution in [2.75, 3.05) is 37.7 Å². The van der Waals surface area contributed by atoms with E-state index in [0.717, 1.165) is 44.9 Å². The van der Waals surface area contributed by atoms with E-state index >= 15 is 0 Å². The Morgan fingerprint density at radius 2 is 1.97 bits per heavy atom. The van der Waals surface area contributed by atoms with Gasteiger partial charge < -0.3 is 19.4 Å². The molecule has 1 aromatic carbocycles. The lowest BCUT2D eigenvalue weighted by molar-refractivity contribution is 0.0124. The van der Waals surface area contributed by atoms with Crippen molar-refractivity contribution in [1.29, 1.82) is 0 Å². The van der Waals surface area contributed by atoms with E-state index in [2.05, 4.69) is 60.2 Å². The first kappa shape index (κ1) is 21.9. The molecule has 1 N–H and O–H groups in total. The van der Waals surface area contributed by atoms with Crippen molar-refractivity contribution < 1.29 is 13.9 Å². The second kappa shape index (κ2) is 9.88. The molecule has 4 rings (SSSR count). The quantitative estimate of drug-likeness (QED) is 0.699. The summed E-state index contributed by atoms with van der Waals surface area (Å²) in [5.41, 5.74) is 3.23. The molecule has 2 aliphatic heterocycles. The lowest BCUT2D eigenvalue weighted by Crippen LogP contribution is -2.49. The summed E-state index contributed by atoms with van der Waals surface area (Å²) in [5.74, 6) is 1.25.